The largest absolute Gasteiger partial charge is 0.338 e. The summed E-state index contributed by atoms with van der Waals surface area (Å²) in [5.41, 5.74) is 2.38. The monoisotopic (exact) mass is 342 g/mol. The van der Waals surface area contributed by atoms with Gasteiger partial charge in [-0.15, -0.1) is 0 Å². The van der Waals surface area contributed by atoms with E-state index in [1.165, 1.54) is 44.1 Å². The number of nitrogens with zero attached hydrogens (tertiary/aromatic N) is 4. The van der Waals surface area contributed by atoms with E-state index in [0.29, 0.717) is 18.5 Å². The van der Waals surface area contributed by atoms with Gasteiger partial charge in [0.25, 0.3) is 0 Å². The van der Waals surface area contributed by atoms with Crippen LogP contribution in [0.4, 0.5) is 0 Å². The van der Waals surface area contributed by atoms with Gasteiger partial charge in [-0.05, 0) is 43.6 Å². The maximum Gasteiger partial charge on any atom is 0.237 e. The van der Waals surface area contributed by atoms with Crippen molar-refractivity contribution in [3.8, 4) is 0 Å². The highest BCUT2D eigenvalue weighted by Crippen LogP contribution is 2.35. The Bertz CT molecular complexity index is 630. The Hall–Kier alpha value is -1.49. The van der Waals surface area contributed by atoms with Crippen LogP contribution in [0.15, 0.2) is 6.20 Å². The van der Waals surface area contributed by atoms with E-state index in [-0.39, 0.29) is 0 Å². The number of aromatic nitrogens is 2. The molecule has 5 nitrogen and oxygen atoms in total. The molecule has 0 N–H and O–H groups in total. The lowest BCUT2D eigenvalue weighted by molar-refractivity contribution is -0.139. The maximum absolute atomic E-state index is 13.0. The molecule has 1 amide bonds. The molecule has 5 heteroatoms. The molecule has 0 radical (unpaired) electrons. The fourth-order valence-corrected chi connectivity index (χ4v) is 4.92. The van der Waals surface area contributed by atoms with Gasteiger partial charge in [0, 0.05) is 38.3 Å². The van der Waals surface area contributed by atoms with Crippen LogP contribution in [0.3, 0.4) is 0 Å². The van der Waals surface area contributed by atoms with Crippen LogP contribution in [-0.4, -0.2) is 51.4 Å². The molecule has 25 heavy (non-hydrogen) atoms. The third-order valence-corrected chi connectivity index (χ3v) is 6.31. The van der Waals surface area contributed by atoms with E-state index >= 15 is 0 Å². The van der Waals surface area contributed by atoms with E-state index in [4.69, 9.17) is 0 Å². The summed E-state index contributed by atoms with van der Waals surface area (Å²) in [6, 6.07) is 0.515. The highest BCUT2D eigenvalue weighted by Gasteiger charge is 2.36. The molecule has 1 aromatic heterocycles. The lowest BCUT2D eigenvalue weighted by Crippen LogP contribution is -2.52. The number of piperidine rings is 1. The Morgan fingerprint density at radius 1 is 1.20 bits per heavy atom. The van der Waals surface area contributed by atoms with E-state index in [1.807, 2.05) is 6.20 Å². The van der Waals surface area contributed by atoms with Gasteiger partial charge in [0.15, 0.2) is 0 Å². The standard InChI is InChI=1S/C20H30N4O/c1-2-19-21-12-16-9-11-23(13-17(16)22-19)14-20(25)24-10-5-7-15-6-3-4-8-18(15)24/h12,15,18H,2-11,13-14H2,1H3/t15-,18-/m0/s1. The summed E-state index contributed by atoms with van der Waals surface area (Å²) in [7, 11) is 0. The van der Waals surface area contributed by atoms with Gasteiger partial charge in [-0.3, -0.25) is 9.69 Å². The average Bonchev–Trinajstić information content (AvgIpc) is 2.66. The molecule has 2 atom stereocenters. The fraction of sp³-hybridized carbons (Fsp3) is 0.750. The molecule has 2 aliphatic heterocycles. The number of amides is 1. The molecule has 3 aliphatic rings. The van der Waals surface area contributed by atoms with Crippen LogP contribution < -0.4 is 0 Å². The Morgan fingerprint density at radius 2 is 2.04 bits per heavy atom. The number of hydrogen-bond acceptors (Lipinski definition) is 4. The van der Waals surface area contributed by atoms with Gasteiger partial charge in [0.2, 0.25) is 5.91 Å². The van der Waals surface area contributed by atoms with Crippen LogP contribution in [0.1, 0.15) is 62.5 Å². The van der Waals surface area contributed by atoms with Gasteiger partial charge in [0.05, 0.1) is 12.2 Å². The number of likely N-dealkylation sites (tertiary alicyclic amines) is 1. The van der Waals surface area contributed by atoms with E-state index in [9.17, 15) is 4.79 Å². The van der Waals surface area contributed by atoms with E-state index in [2.05, 4.69) is 26.7 Å². The molecule has 1 saturated carbocycles. The van der Waals surface area contributed by atoms with Crippen LogP contribution in [-0.2, 0) is 24.2 Å². The maximum atomic E-state index is 13.0. The first-order valence-electron chi connectivity index (χ1n) is 10.1. The summed E-state index contributed by atoms with van der Waals surface area (Å²) < 4.78 is 0. The number of aryl methyl sites for hydroxylation is 1. The molecule has 0 bridgehead atoms. The second kappa shape index (κ2) is 7.40. The number of rotatable bonds is 3. The molecule has 1 saturated heterocycles. The van der Waals surface area contributed by atoms with Crippen molar-refractivity contribution in [1.29, 1.82) is 0 Å². The molecule has 0 spiro atoms. The van der Waals surface area contributed by atoms with Crippen LogP contribution in [0.25, 0.3) is 0 Å². The first kappa shape index (κ1) is 17.0. The summed E-state index contributed by atoms with van der Waals surface area (Å²) in [4.78, 5) is 26.6. The summed E-state index contributed by atoms with van der Waals surface area (Å²) >= 11 is 0. The summed E-state index contributed by atoms with van der Waals surface area (Å²) in [5.74, 6) is 2.01. The predicted octanol–water partition coefficient (Wildman–Crippen LogP) is 2.58. The van der Waals surface area contributed by atoms with Crippen molar-refractivity contribution in [1.82, 2.24) is 19.8 Å². The molecule has 0 unspecified atom stereocenters. The van der Waals surface area contributed by atoms with E-state index in [1.54, 1.807) is 0 Å². The van der Waals surface area contributed by atoms with Gasteiger partial charge in [0.1, 0.15) is 5.82 Å². The third-order valence-electron chi connectivity index (χ3n) is 6.31. The Labute approximate surface area is 150 Å². The zero-order valence-corrected chi connectivity index (χ0v) is 15.4. The molecule has 2 fully saturated rings. The van der Waals surface area contributed by atoms with Crippen molar-refractivity contribution in [3.63, 3.8) is 0 Å². The number of carbonyl (C=O) groups is 1. The van der Waals surface area contributed by atoms with Crippen molar-refractivity contribution in [2.24, 2.45) is 5.92 Å². The van der Waals surface area contributed by atoms with Crippen molar-refractivity contribution >= 4 is 5.91 Å². The molecule has 1 aliphatic carbocycles. The minimum absolute atomic E-state index is 0.338. The van der Waals surface area contributed by atoms with Crippen molar-refractivity contribution < 1.29 is 4.79 Å². The Balaban J connectivity index is 1.40. The second-order valence-electron chi connectivity index (χ2n) is 7.91. The fourth-order valence-electron chi connectivity index (χ4n) is 4.92. The lowest BCUT2D eigenvalue weighted by atomic mass is 9.78. The van der Waals surface area contributed by atoms with Gasteiger partial charge < -0.3 is 4.90 Å². The topological polar surface area (TPSA) is 49.3 Å². The summed E-state index contributed by atoms with van der Waals surface area (Å²) in [5, 5.41) is 0. The Kier molecular flexibility index (Phi) is 5.02. The van der Waals surface area contributed by atoms with Crippen LogP contribution in [0, 0.1) is 5.92 Å². The molecular formula is C20H30N4O. The average molecular weight is 342 g/mol. The van der Waals surface area contributed by atoms with Crippen LogP contribution >= 0.6 is 0 Å². The zero-order valence-electron chi connectivity index (χ0n) is 15.4. The van der Waals surface area contributed by atoms with E-state index < -0.39 is 0 Å². The highest BCUT2D eigenvalue weighted by atomic mass is 16.2. The third kappa shape index (κ3) is 3.57. The number of hydrogen-bond donors (Lipinski definition) is 0. The zero-order chi connectivity index (χ0) is 17.2. The Morgan fingerprint density at radius 3 is 2.92 bits per heavy atom. The molecule has 136 valence electrons. The van der Waals surface area contributed by atoms with Crippen molar-refractivity contribution in [2.45, 2.75) is 70.9 Å². The van der Waals surface area contributed by atoms with Crippen LogP contribution in [0.2, 0.25) is 0 Å². The first-order chi connectivity index (χ1) is 12.2. The quantitative estimate of drug-likeness (QED) is 0.847. The molecule has 1 aromatic rings. The van der Waals surface area contributed by atoms with Gasteiger partial charge in [-0.25, -0.2) is 9.97 Å². The van der Waals surface area contributed by atoms with E-state index in [0.717, 1.165) is 49.9 Å². The SMILES string of the molecule is CCc1ncc2c(n1)CN(CC(=O)N1CCC[C@@H]3CCCC[C@@H]31)CC2. The van der Waals surface area contributed by atoms with Crippen LogP contribution in [0.5, 0.6) is 0 Å². The van der Waals surface area contributed by atoms with Gasteiger partial charge >= 0.3 is 0 Å². The highest BCUT2D eigenvalue weighted by molar-refractivity contribution is 5.78. The number of fused-ring (bicyclic) bond motifs is 2. The first-order valence-corrected chi connectivity index (χ1v) is 10.1. The molecule has 3 heterocycles. The van der Waals surface area contributed by atoms with Crippen molar-refractivity contribution in [2.75, 3.05) is 19.6 Å². The molecule has 4 rings (SSSR count). The van der Waals surface area contributed by atoms with Crippen molar-refractivity contribution in [3.05, 3.63) is 23.3 Å². The predicted molar refractivity (Wildman–Crippen MR) is 97.1 cm³/mol. The second-order valence-corrected chi connectivity index (χ2v) is 7.91. The normalized spacial score (nSPS) is 26.8. The lowest BCUT2D eigenvalue weighted by Gasteiger charge is -2.44. The number of carbonyl (C=O) groups excluding carboxylic acids is 1. The summed E-state index contributed by atoms with van der Waals surface area (Å²) in [6.45, 7) is 5.33. The smallest absolute Gasteiger partial charge is 0.237 e. The molecule has 0 aromatic carbocycles. The minimum Gasteiger partial charge on any atom is -0.338 e. The minimum atomic E-state index is 0.338. The van der Waals surface area contributed by atoms with Gasteiger partial charge in [-0.1, -0.05) is 19.8 Å². The molecular weight excluding hydrogens is 312 g/mol. The summed E-state index contributed by atoms with van der Waals surface area (Å²) in [6.07, 6.45) is 11.5. The van der Waals surface area contributed by atoms with Gasteiger partial charge in [-0.2, -0.15) is 0 Å².